The second-order valence-electron chi connectivity index (χ2n) is 4.55. The molecule has 0 aliphatic heterocycles. The molecule has 0 saturated carbocycles. The molecule has 2 rings (SSSR count). The third-order valence-electron chi connectivity index (χ3n) is 2.92. The molecule has 0 aliphatic rings. The van der Waals surface area contributed by atoms with Crippen molar-refractivity contribution in [2.75, 3.05) is 7.05 Å². The van der Waals surface area contributed by atoms with Gasteiger partial charge >= 0.3 is 0 Å². The van der Waals surface area contributed by atoms with Gasteiger partial charge in [-0.25, -0.2) is 4.98 Å². The Balaban J connectivity index is 1.83. The third kappa shape index (κ3) is 3.59. The first-order chi connectivity index (χ1) is 9.58. The van der Waals surface area contributed by atoms with Gasteiger partial charge in [-0.15, -0.1) is 0 Å². The largest absolute Gasteiger partial charge is 0.444 e. The van der Waals surface area contributed by atoms with Crippen molar-refractivity contribution in [1.29, 1.82) is 0 Å². The van der Waals surface area contributed by atoms with Crippen LogP contribution < -0.4 is 10.6 Å². The molecule has 108 valence electrons. The standard InChI is InChI=1S/C13H20N6O/c1-9-10(2)20-12(18-9)7-16-13(14-3)15-5-11-6-17-19(4)8-11/h6,8H,5,7H2,1-4H3,(H2,14,15,16). The van der Waals surface area contributed by atoms with Crippen molar-refractivity contribution in [2.45, 2.75) is 26.9 Å². The third-order valence-corrected chi connectivity index (χ3v) is 2.92. The second kappa shape index (κ2) is 6.23. The summed E-state index contributed by atoms with van der Waals surface area (Å²) in [6.45, 7) is 5.00. The highest BCUT2D eigenvalue weighted by Crippen LogP contribution is 2.07. The fourth-order valence-corrected chi connectivity index (χ4v) is 1.74. The van der Waals surface area contributed by atoms with E-state index in [0.717, 1.165) is 17.0 Å². The predicted octanol–water partition coefficient (Wildman–Crippen LogP) is 0.890. The number of aryl methyl sites for hydroxylation is 3. The number of guanidine groups is 1. The summed E-state index contributed by atoms with van der Waals surface area (Å²) in [6, 6.07) is 0. The van der Waals surface area contributed by atoms with Gasteiger partial charge < -0.3 is 15.1 Å². The average Bonchev–Trinajstić information content (AvgIpc) is 2.97. The van der Waals surface area contributed by atoms with Crippen LogP contribution in [0.1, 0.15) is 22.9 Å². The molecule has 0 fully saturated rings. The van der Waals surface area contributed by atoms with E-state index >= 15 is 0 Å². The van der Waals surface area contributed by atoms with E-state index in [1.807, 2.05) is 33.3 Å². The summed E-state index contributed by atoms with van der Waals surface area (Å²) in [5.74, 6) is 2.20. The molecule has 2 aromatic heterocycles. The molecule has 2 heterocycles. The van der Waals surface area contributed by atoms with Crippen molar-refractivity contribution in [3.05, 3.63) is 35.3 Å². The minimum atomic E-state index is 0.501. The highest BCUT2D eigenvalue weighted by atomic mass is 16.4. The summed E-state index contributed by atoms with van der Waals surface area (Å²) < 4.78 is 7.27. The van der Waals surface area contributed by atoms with Crippen molar-refractivity contribution < 1.29 is 4.42 Å². The first-order valence-corrected chi connectivity index (χ1v) is 6.43. The van der Waals surface area contributed by atoms with Crippen LogP contribution in [0, 0.1) is 13.8 Å². The maximum Gasteiger partial charge on any atom is 0.214 e. The molecule has 0 bridgehead atoms. The Morgan fingerprint density at radius 2 is 2.10 bits per heavy atom. The van der Waals surface area contributed by atoms with Gasteiger partial charge in [-0.1, -0.05) is 0 Å². The van der Waals surface area contributed by atoms with Gasteiger partial charge in [0.05, 0.1) is 18.4 Å². The number of nitrogens with zero attached hydrogens (tertiary/aromatic N) is 4. The maximum atomic E-state index is 5.51. The minimum absolute atomic E-state index is 0.501. The smallest absolute Gasteiger partial charge is 0.214 e. The van der Waals surface area contributed by atoms with Crippen LogP contribution in [0.2, 0.25) is 0 Å². The van der Waals surface area contributed by atoms with Crippen molar-refractivity contribution >= 4 is 5.96 Å². The van der Waals surface area contributed by atoms with Crippen LogP contribution >= 0.6 is 0 Å². The molecule has 0 saturated heterocycles. The molecule has 0 spiro atoms. The predicted molar refractivity (Wildman–Crippen MR) is 76.2 cm³/mol. The summed E-state index contributed by atoms with van der Waals surface area (Å²) in [5.41, 5.74) is 2.01. The number of rotatable bonds is 4. The van der Waals surface area contributed by atoms with Crippen LogP contribution in [-0.2, 0) is 20.1 Å². The van der Waals surface area contributed by atoms with Gasteiger partial charge in [0, 0.05) is 32.4 Å². The Hall–Kier alpha value is -2.31. The van der Waals surface area contributed by atoms with Gasteiger partial charge in [0.1, 0.15) is 5.76 Å². The van der Waals surface area contributed by atoms with Crippen molar-refractivity contribution in [3.8, 4) is 0 Å². The highest BCUT2D eigenvalue weighted by molar-refractivity contribution is 5.79. The quantitative estimate of drug-likeness (QED) is 0.640. The van der Waals surface area contributed by atoms with Crippen LogP contribution in [0.3, 0.4) is 0 Å². The van der Waals surface area contributed by atoms with Crippen molar-refractivity contribution in [1.82, 2.24) is 25.4 Å². The van der Waals surface area contributed by atoms with Crippen LogP contribution in [0.15, 0.2) is 21.8 Å². The molecule has 7 nitrogen and oxygen atoms in total. The molecular weight excluding hydrogens is 256 g/mol. The zero-order chi connectivity index (χ0) is 14.5. The lowest BCUT2D eigenvalue weighted by atomic mass is 10.4. The molecule has 0 aliphatic carbocycles. The van der Waals surface area contributed by atoms with Gasteiger partial charge in [-0.3, -0.25) is 9.67 Å². The number of aromatic nitrogens is 3. The van der Waals surface area contributed by atoms with Crippen molar-refractivity contribution in [3.63, 3.8) is 0 Å². The van der Waals surface area contributed by atoms with E-state index in [9.17, 15) is 0 Å². The summed E-state index contributed by atoms with van der Waals surface area (Å²) in [4.78, 5) is 8.46. The van der Waals surface area contributed by atoms with Gasteiger partial charge in [0.2, 0.25) is 5.89 Å². The molecule has 0 amide bonds. The highest BCUT2D eigenvalue weighted by Gasteiger charge is 2.06. The first-order valence-electron chi connectivity index (χ1n) is 6.43. The monoisotopic (exact) mass is 276 g/mol. The zero-order valence-corrected chi connectivity index (χ0v) is 12.3. The summed E-state index contributed by atoms with van der Waals surface area (Å²) in [6.07, 6.45) is 3.78. The second-order valence-corrected chi connectivity index (χ2v) is 4.55. The average molecular weight is 276 g/mol. The zero-order valence-electron chi connectivity index (χ0n) is 12.3. The number of nitrogens with one attached hydrogen (secondary N) is 2. The van der Waals surface area contributed by atoms with Crippen LogP contribution in [0.25, 0.3) is 0 Å². The van der Waals surface area contributed by atoms with E-state index in [4.69, 9.17) is 4.42 Å². The molecular formula is C13H20N6O. The maximum absolute atomic E-state index is 5.51. The van der Waals surface area contributed by atoms with Crippen LogP contribution in [0.5, 0.6) is 0 Å². The molecule has 0 atom stereocenters. The van der Waals surface area contributed by atoms with E-state index in [1.54, 1.807) is 11.7 Å². The Bertz CT molecular complexity index is 578. The Labute approximate surface area is 118 Å². The van der Waals surface area contributed by atoms with Crippen molar-refractivity contribution in [2.24, 2.45) is 12.0 Å². The summed E-state index contributed by atoms with van der Waals surface area (Å²) >= 11 is 0. The van der Waals surface area contributed by atoms with Gasteiger partial charge in [-0.2, -0.15) is 5.10 Å². The molecule has 20 heavy (non-hydrogen) atoms. The van der Waals surface area contributed by atoms with E-state index < -0.39 is 0 Å². The van der Waals surface area contributed by atoms with E-state index in [0.29, 0.717) is 24.9 Å². The number of hydrogen-bond acceptors (Lipinski definition) is 4. The number of hydrogen-bond donors (Lipinski definition) is 2. The van der Waals surface area contributed by atoms with Crippen LogP contribution in [0.4, 0.5) is 0 Å². The lowest BCUT2D eigenvalue weighted by Crippen LogP contribution is -2.36. The number of oxazole rings is 1. The first kappa shape index (κ1) is 14.1. The molecule has 2 N–H and O–H groups in total. The minimum Gasteiger partial charge on any atom is -0.444 e. The van der Waals surface area contributed by atoms with Gasteiger partial charge in [-0.05, 0) is 13.8 Å². The fraction of sp³-hybridized carbons (Fsp3) is 0.462. The van der Waals surface area contributed by atoms with Gasteiger partial charge in [0.15, 0.2) is 5.96 Å². The van der Waals surface area contributed by atoms with Crippen LogP contribution in [-0.4, -0.2) is 27.8 Å². The Kier molecular flexibility index (Phi) is 4.39. The molecule has 0 aromatic carbocycles. The SMILES string of the molecule is CN=C(NCc1cnn(C)c1)NCc1nc(C)c(C)o1. The summed E-state index contributed by atoms with van der Waals surface area (Å²) in [5, 5.41) is 10.5. The van der Waals surface area contributed by atoms with Gasteiger partial charge in [0.25, 0.3) is 0 Å². The summed E-state index contributed by atoms with van der Waals surface area (Å²) in [7, 11) is 3.62. The number of aliphatic imine (C=N–C) groups is 1. The Morgan fingerprint density at radius 3 is 2.65 bits per heavy atom. The topological polar surface area (TPSA) is 80.3 Å². The van der Waals surface area contributed by atoms with E-state index in [1.165, 1.54) is 0 Å². The molecule has 2 aromatic rings. The lowest BCUT2D eigenvalue weighted by molar-refractivity contribution is 0.463. The normalized spacial score (nSPS) is 11.7. The fourth-order valence-electron chi connectivity index (χ4n) is 1.74. The molecule has 0 unspecified atom stereocenters. The van der Waals surface area contributed by atoms with E-state index in [-0.39, 0.29) is 0 Å². The molecule has 0 radical (unpaired) electrons. The Morgan fingerprint density at radius 1 is 1.35 bits per heavy atom. The molecule has 7 heteroatoms. The van der Waals surface area contributed by atoms with E-state index in [2.05, 4.69) is 25.7 Å². The lowest BCUT2D eigenvalue weighted by Gasteiger charge is -2.09.